The number of carboxylic acid groups (broad SMARTS) is 1. The third kappa shape index (κ3) is 4.80. The normalized spacial score (nSPS) is 14.7. The molecule has 0 saturated carbocycles. The molecule has 1 aromatic rings. The van der Waals surface area contributed by atoms with Gasteiger partial charge in [0.15, 0.2) is 0 Å². The summed E-state index contributed by atoms with van der Waals surface area (Å²) in [4.78, 5) is 22.9. The molecule has 0 fully saturated rings. The first-order chi connectivity index (χ1) is 9.65. The Morgan fingerprint density at radius 1 is 1.29 bits per heavy atom. The standard InChI is InChI=1S/C12H18N2O5S2/c1-7(2)10(12(16)17)13-11(15)8(3)14-21(18,19)9-5-4-6-20-9/h4-8,10,14H,1-3H3,(H,13,15)(H,16,17)/t8?,10-/m1/s1. The molecule has 1 aromatic heterocycles. The van der Waals surface area contributed by atoms with Crippen LogP contribution in [-0.2, 0) is 19.6 Å². The van der Waals surface area contributed by atoms with Crippen molar-refractivity contribution in [3.63, 3.8) is 0 Å². The Hall–Kier alpha value is -1.45. The number of sulfonamides is 1. The maximum atomic E-state index is 12.0. The van der Waals surface area contributed by atoms with Crippen molar-refractivity contribution in [1.29, 1.82) is 0 Å². The lowest BCUT2D eigenvalue weighted by molar-refractivity contribution is -0.143. The molecule has 7 nitrogen and oxygen atoms in total. The highest BCUT2D eigenvalue weighted by atomic mass is 32.2. The first kappa shape index (κ1) is 17.6. The Morgan fingerprint density at radius 3 is 2.33 bits per heavy atom. The molecule has 2 atom stereocenters. The van der Waals surface area contributed by atoms with Crippen LogP contribution < -0.4 is 10.0 Å². The van der Waals surface area contributed by atoms with Gasteiger partial charge in [-0.15, -0.1) is 11.3 Å². The Kier molecular flexibility index (Phi) is 5.87. The summed E-state index contributed by atoms with van der Waals surface area (Å²) in [7, 11) is -3.78. The number of thiophene rings is 1. The predicted molar refractivity (Wildman–Crippen MR) is 78.5 cm³/mol. The van der Waals surface area contributed by atoms with Crippen molar-refractivity contribution in [2.75, 3.05) is 0 Å². The Morgan fingerprint density at radius 2 is 1.90 bits per heavy atom. The number of carboxylic acids is 1. The molecule has 3 N–H and O–H groups in total. The highest BCUT2D eigenvalue weighted by Gasteiger charge is 2.28. The van der Waals surface area contributed by atoms with E-state index in [9.17, 15) is 18.0 Å². The predicted octanol–water partition coefficient (Wildman–Crippen LogP) is 0.640. The molecule has 1 amide bonds. The van der Waals surface area contributed by atoms with Crippen LogP contribution in [0.2, 0.25) is 0 Å². The fourth-order valence-electron chi connectivity index (χ4n) is 1.55. The zero-order valence-electron chi connectivity index (χ0n) is 11.9. The molecule has 0 saturated heterocycles. The summed E-state index contributed by atoms with van der Waals surface area (Å²) in [6, 6.07) is 0.874. The number of amides is 1. The van der Waals surface area contributed by atoms with Gasteiger partial charge in [0, 0.05) is 0 Å². The number of hydrogen-bond donors (Lipinski definition) is 3. The van der Waals surface area contributed by atoms with E-state index in [-0.39, 0.29) is 10.1 Å². The summed E-state index contributed by atoms with van der Waals surface area (Å²) >= 11 is 1.03. The van der Waals surface area contributed by atoms with Gasteiger partial charge in [-0.25, -0.2) is 13.2 Å². The second kappa shape index (κ2) is 7.01. The fraction of sp³-hybridized carbons (Fsp3) is 0.500. The number of hydrogen-bond acceptors (Lipinski definition) is 5. The van der Waals surface area contributed by atoms with E-state index in [2.05, 4.69) is 10.0 Å². The Bertz CT molecular complexity index is 595. The molecule has 118 valence electrons. The molecule has 0 radical (unpaired) electrons. The summed E-state index contributed by atoms with van der Waals surface area (Å²) in [5, 5.41) is 12.9. The number of nitrogens with one attached hydrogen (secondary N) is 2. The smallest absolute Gasteiger partial charge is 0.326 e. The summed E-state index contributed by atoms with van der Waals surface area (Å²) in [5.74, 6) is -2.16. The topological polar surface area (TPSA) is 113 Å². The molecule has 0 aliphatic rings. The van der Waals surface area contributed by atoms with Crippen molar-refractivity contribution in [3.05, 3.63) is 17.5 Å². The van der Waals surface area contributed by atoms with Crippen LogP contribution in [-0.4, -0.2) is 37.5 Å². The van der Waals surface area contributed by atoms with Gasteiger partial charge in [-0.2, -0.15) is 4.72 Å². The van der Waals surface area contributed by atoms with E-state index in [1.165, 1.54) is 13.0 Å². The molecule has 0 aliphatic carbocycles. The Labute approximate surface area is 127 Å². The van der Waals surface area contributed by atoms with Crippen molar-refractivity contribution >= 4 is 33.2 Å². The number of rotatable bonds is 7. The number of aliphatic carboxylic acids is 1. The minimum Gasteiger partial charge on any atom is -0.480 e. The lowest BCUT2D eigenvalue weighted by Gasteiger charge is -2.20. The van der Waals surface area contributed by atoms with Gasteiger partial charge in [-0.3, -0.25) is 4.79 Å². The van der Waals surface area contributed by atoms with Crippen LogP contribution in [0.25, 0.3) is 0 Å². The summed E-state index contributed by atoms with van der Waals surface area (Å²) in [5.41, 5.74) is 0. The van der Waals surface area contributed by atoms with Gasteiger partial charge < -0.3 is 10.4 Å². The van der Waals surface area contributed by atoms with Crippen LogP contribution in [0.15, 0.2) is 21.7 Å². The summed E-state index contributed by atoms with van der Waals surface area (Å²) in [6.45, 7) is 4.67. The fourth-order valence-corrected chi connectivity index (χ4v) is 3.77. The lowest BCUT2D eigenvalue weighted by atomic mass is 10.0. The lowest BCUT2D eigenvalue weighted by Crippen LogP contribution is -2.51. The summed E-state index contributed by atoms with van der Waals surface area (Å²) < 4.78 is 26.2. The zero-order valence-corrected chi connectivity index (χ0v) is 13.5. The SMILES string of the molecule is CC(NS(=O)(=O)c1cccs1)C(=O)N[C@@H](C(=O)O)C(C)C. The molecular formula is C12H18N2O5S2. The second-order valence-electron chi connectivity index (χ2n) is 4.84. The number of carbonyl (C=O) groups excluding carboxylic acids is 1. The van der Waals surface area contributed by atoms with Crippen LogP contribution in [0, 0.1) is 5.92 Å². The van der Waals surface area contributed by atoms with Gasteiger partial charge in [0.25, 0.3) is 10.0 Å². The van der Waals surface area contributed by atoms with Gasteiger partial charge in [0.05, 0.1) is 6.04 Å². The van der Waals surface area contributed by atoms with Crippen LogP contribution in [0.3, 0.4) is 0 Å². The molecule has 0 aromatic carbocycles. The second-order valence-corrected chi connectivity index (χ2v) is 7.73. The summed E-state index contributed by atoms with van der Waals surface area (Å²) in [6.07, 6.45) is 0. The minimum absolute atomic E-state index is 0.0980. The van der Waals surface area contributed by atoms with E-state index >= 15 is 0 Å². The Balaban J connectivity index is 2.73. The monoisotopic (exact) mass is 334 g/mol. The third-order valence-electron chi connectivity index (χ3n) is 2.72. The molecule has 0 aliphatic heterocycles. The molecule has 0 spiro atoms. The van der Waals surface area contributed by atoms with Crippen molar-refractivity contribution in [1.82, 2.24) is 10.0 Å². The van der Waals surface area contributed by atoms with Crippen molar-refractivity contribution in [2.45, 2.75) is 37.1 Å². The molecule has 1 heterocycles. The molecular weight excluding hydrogens is 316 g/mol. The molecule has 21 heavy (non-hydrogen) atoms. The van der Waals surface area contributed by atoms with Gasteiger partial charge >= 0.3 is 5.97 Å². The minimum atomic E-state index is -3.78. The van der Waals surface area contributed by atoms with Gasteiger partial charge in [-0.05, 0) is 24.3 Å². The van der Waals surface area contributed by atoms with E-state index in [0.29, 0.717) is 0 Å². The number of carbonyl (C=O) groups is 2. The van der Waals surface area contributed by atoms with Crippen molar-refractivity contribution in [2.24, 2.45) is 5.92 Å². The molecule has 1 rings (SSSR count). The first-order valence-electron chi connectivity index (χ1n) is 6.24. The maximum absolute atomic E-state index is 12.0. The van der Waals surface area contributed by atoms with Gasteiger partial charge in [-0.1, -0.05) is 19.9 Å². The average Bonchev–Trinajstić information content (AvgIpc) is 2.88. The van der Waals surface area contributed by atoms with Crippen molar-refractivity contribution in [3.8, 4) is 0 Å². The molecule has 0 bridgehead atoms. The van der Waals surface area contributed by atoms with E-state index in [0.717, 1.165) is 11.3 Å². The van der Waals surface area contributed by atoms with E-state index in [4.69, 9.17) is 5.11 Å². The van der Waals surface area contributed by atoms with Gasteiger partial charge in [0.2, 0.25) is 5.91 Å². The third-order valence-corrected chi connectivity index (χ3v) is 5.65. The van der Waals surface area contributed by atoms with Crippen LogP contribution in [0.5, 0.6) is 0 Å². The van der Waals surface area contributed by atoms with Crippen LogP contribution >= 0.6 is 11.3 Å². The van der Waals surface area contributed by atoms with E-state index in [1.807, 2.05) is 0 Å². The maximum Gasteiger partial charge on any atom is 0.326 e. The van der Waals surface area contributed by atoms with Crippen LogP contribution in [0.4, 0.5) is 0 Å². The largest absolute Gasteiger partial charge is 0.480 e. The zero-order chi connectivity index (χ0) is 16.2. The average molecular weight is 334 g/mol. The highest BCUT2D eigenvalue weighted by molar-refractivity contribution is 7.91. The highest BCUT2D eigenvalue weighted by Crippen LogP contribution is 2.15. The van der Waals surface area contributed by atoms with E-state index in [1.54, 1.807) is 25.3 Å². The van der Waals surface area contributed by atoms with Crippen LogP contribution in [0.1, 0.15) is 20.8 Å². The molecule has 1 unspecified atom stereocenters. The quantitative estimate of drug-likeness (QED) is 0.677. The van der Waals surface area contributed by atoms with E-state index < -0.39 is 34.0 Å². The van der Waals surface area contributed by atoms with Crippen molar-refractivity contribution < 1.29 is 23.1 Å². The van der Waals surface area contributed by atoms with Gasteiger partial charge in [0.1, 0.15) is 10.3 Å². The molecule has 9 heteroatoms. The first-order valence-corrected chi connectivity index (χ1v) is 8.60.